The fourth-order valence-corrected chi connectivity index (χ4v) is 2.61. The van der Waals surface area contributed by atoms with E-state index < -0.39 is 29.2 Å². The number of carbonyl (C=O) groups is 1. The summed E-state index contributed by atoms with van der Waals surface area (Å²) < 4.78 is 51.8. The van der Waals surface area contributed by atoms with Gasteiger partial charge in [-0.3, -0.25) is 4.79 Å². The van der Waals surface area contributed by atoms with Gasteiger partial charge in [-0.15, -0.1) is 0 Å². The molecule has 3 aromatic rings. The van der Waals surface area contributed by atoms with Crippen LogP contribution < -0.4 is 5.32 Å². The number of aryl methyl sites for hydroxylation is 1. The quantitative estimate of drug-likeness (QED) is 0.654. The van der Waals surface area contributed by atoms with E-state index in [4.69, 9.17) is 0 Å². The molecule has 3 nitrogen and oxygen atoms in total. The van der Waals surface area contributed by atoms with Crippen LogP contribution in [0.3, 0.4) is 0 Å². The fraction of sp³-hybridized carbons (Fsp3) is 0.167. The Kier molecular flexibility index (Phi) is 4.24. The summed E-state index contributed by atoms with van der Waals surface area (Å²) >= 11 is 0. The molecule has 1 amide bonds. The van der Waals surface area contributed by atoms with Crippen molar-refractivity contribution in [3.8, 4) is 0 Å². The van der Waals surface area contributed by atoms with E-state index in [1.165, 1.54) is 0 Å². The predicted octanol–water partition coefficient (Wildman–Crippen LogP) is 4.82. The van der Waals surface area contributed by atoms with E-state index in [0.717, 1.165) is 16.5 Å². The van der Waals surface area contributed by atoms with Crippen LogP contribution in [0.5, 0.6) is 0 Å². The van der Waals surface area contributed by atoms with Gasteiger partial charge in [-0.2, -0.15) is 13.2 Å². The highest BCUT2D eigenvalue weighted by atomic mass is 19.4. The van der Waals surface area contributed by atoms with Crippen molar-refractivity contribution in [3.05, 3.63) is 65.1 Å². The van der Waals surface area contributed by atoms with Gasteiger partial charge in [0.05, 0.1) is 17.7 Å². The number of fused-ring (bicyclic) bond motifs is 1. The van der Waals surface area contributed by atoms with Crippen molar-refractivity contribution in [3.63, 3.8) is 0 Å². The van der Waals surface area contributed by atoms with Crippen LogP contribution in [0.15, 0.2) is 42.6 Å². The van der Waals surface area contributed by atoms with E-state index in [9.17, 15) is 22.4 Å². The van der Waals surface area contributed by atoms with Crippen LogP contribution in [0.25, 0.3) is 10.9 Å². The summed E-state index contributed by atoms with van der Waals surface area (Å²) in [7, 11) is 0. The van der Waals surface area contributed by atoms with Crippen LogP contribution in [0.2, 0.25) is 0 Å². The molecule has 2 N–H and O–H groups in total. The maximum atomic E-state index is 13.7. The van der Waals surface area contributed by atoms with E-state index in [-0.39, 0.29) is 6.42 Å². The van der Waals surface area contributed by atoms with Gasteiger partial charge in [0.15, 0.2) is 0 Å². The van der Waals surface area contributed by atoms with Crippen LogP contribution in [0.4, 0.5) is 23.2 Å². The van der Waals surface area contributed by atoms with Crippen LogP contribution in [-0.4, -0.2) is 10.9 Å². The number of nitrogens with one attached hydrogen (secondary N) is 2. The highest BCUT2D eigenvalue weighted by molar-refractivity contribution is 5.96. The lowest BCUT2D eigenvalue weighted by atomic mass is 10.1. The molecule has 0 fully saturated rings. The second-order valence-corrected chi connectivity index (χ2v) is 5.78. The van der Waals surface area contributed by atoms with Gasteiger partial charge in [0, 0.05) is 17.1 Å². The van der Waals surface area contributed by atoms with Crippen molar-refractivity contribution in [2.45, 2.75) is 19.5 Å². The number of hydrogen-bond donors (Lipinski definition) is 2. The molecule has 0 radical (unpaired) electrons. The summed E-state index contributed by atoms with van der Waals surface area (Å²) in [6.45, 7) is 1.93. The molecule has 3 rings (SSSR count). The van der Waals surface area contributed by atoms with E-state index in [2.05, 4.69) is 10.3 Å². The van der Waals surface area contributed by atoms with E-state index in [0.29, 0.717) is 23.8 Å². The molecule has 0 atom stereocenters. The number of H-pyrrole nitrogens is 1. The number of benzene rings is 2. The molecule has 25 heavy (non-hydrogen) atoms. The fourth-order valence-electron chi connectivity index (χ4n) is 2.61. The zero-order valence-electron chi connectivity index (χ0n) is 13.2. The van der Waals surface area contributed by atoms with E-state index >= 15 is 0 Å². The third-order valence-electron chi connectivity index (χ3n) is 3.84. The predicted molar refractivity (Wildman–Crippen MR) is 86.8 cm³/mol. The molecule has 0 aliphatic carbocycles. The summed E-state index contributed by atoms with van der Waals surface area (Å²) in [6.07, 6.45) is -3.03. The Morgan fingerprint density at radius 3 is 2.64 bits per heavy atom. The first-order valence-corrected chi connectivity index (χ1v) is 7.47. The zero-order chi connectivity index (χ0) is 18.2. The van der Waals surface area contributed by atoms with Gasteiger partial charge in [0.25, 0.3) is 0 Å². The minimum absolute atomic E-state index is 0.0846. The third kappa shape index (κ3) is 3.65. The number of rotatable bonds is 3. The maximum absolute atomic E-state index is 13.7. The Morgan fingerprint density at radius 2 is 1.92 bits per heavy atom. The Labute approximate surface area is 140 Å². The van der Waals surface area contributed by atoms with Crippen molar-refractivity contribution in [1.29, 1.82) is 0 Å². The molecule has 1 heterocycles. The maximum Gasteiger partial charge on any atom is 0.416 e. The van der Waals surface area contributed by atoms with E-state index in [1.807, 2.05) is 25.1 Å². The number of aromatic nitrogens is 1. The van der Waals surface area contributed by atoms with Gasteiger partial charge in [0.2, 0.25) is 5.91 Å². The van der Waals surface area contributed by atoms with Crippen molar-refractivity contribution >= 4 is 22.5 Å². The van der Waals surface area contributed by atoms with Gasteiger partial charge in [-0.1, -0.05) is 12.1 Å². The first-order chi connectivity index (χ1) is 11.7. The summed E-state index contributed by atoms with van der Waals surface area (Å²) in [4.78, 5) is 15.2. The highest BCUT2D eigenvalue weighted by Gasteiger charge is 2.31. The number of anilines is 1. The Bertz CT molecular complexity index is 944. The molecule has 0 saturated heterocycles. The zero-order valence-corrected chi connectivity index (χ0v) is 13.2. The first-order valence-electron chi connectivity index (χ1n) is 7.47. The Morgan fingerprint density at radius 1 is 1.16 bits per heavy atom. The number of alkyl halides is 3. The topological polar surface area (TPSA) is 44.9 Å². The second kappa shape index (κ2) is 6.23. The summed E-state index contributed by atoms with van der Waals surface area (Å²) in [5.74, 6) is -1.52. The van der Waals surface area contributed by atoms with Crippen LogP contribution in [0.1, 0.15) is 16.7 Å². The average Bonchev–Trinajstić information content (AvgIpc) is 2.90. The molecule has 0 spiro atoms. The van der Waals surface area contributed by atoms with Gasteiger partial charge in [-0.25, -0.2) is 4.39 Å². The van der Waals surface area contributed by atoms with Crippen molar-refractivity contribution in [2.75, 3.05) is 5.32 Å². The number of carbonyl (C=O) groups excluding carboxylic acids is 1. The third-order valence-corrected chi connectivity index (χ3v) is 3.84. The first kappa shape index (κ1) is 17.0. The molecule has 2 aromatic carbocycles. The molecular weight excluding hydrogens is 336 g/mol. The molecule has 0 bridgehead atoms. The van der Waals surface area contributed by atoms with Gasteiger partial charge in [-0.05, 0) is 42.3 Å². The van der Waals surface area contributed by atoms with Gasteiger partial charge >= 0.3 is 6.18 Å². The average molecular weight is 350 g/mol. The number of amides is 1. The van der Waals surface area contributed by atoms with Crippen molar-refractivity contribution in [2.24, 2.45) is 0 Å². The Hall–Kier alpha value is -2.83. The summed E-state index contributed by atoms with van der Waals surface area (Å²) in [6, 6.07) is 7.58. The van der Waals surface area contributed by atoms with Crippen LogP contribution in [-0.2, 0) is 17.4 Å². The number of hydrogen-bond acceptors (Lipinski definition) is 1. The second-order valence-electron chi connectivity index (χ2n) is 5.78. The molecule has 130 valence electrons. The molecule has 0 aliphatic rings. The lowest BCUT2D eigenvalue weighted by molar-refractivity contribution is -0.137. The van der Waals surface area contributed by atoms with Gasteiger partial charge in [0.1, 0.15) is 5.82 Å². The molecule has 0 saturated carbocycles. The van der Waals surface area contributed by atoms with Crippen LogP contribution in [0, 0.1) is 12.7 Å². The summed E-state index contributed by atoms with van der Waals surface area (Å²) in [5.41, 5.74) is 1.08. The molecule has 7 heteroatoms. The largest absolute Gasteiger partial charge is 0.416 e. The SMILES string of the molecule is Cc1ccc2c(CC(=O)Nc3cc(C(F)(F)F)ccc3F)c[nH]c2c1. The molecular formula is C18H14F4N2O. The Balaban J connectivity index is 1.80. The minimum Gasteiger partial charge on any atom is -0.361 e. The number of halogens is 4. The highest BCUT2D eigenvalue weighted by Crippen LogP contribution is 2.32. The molecule has 0 unspecified atom stereocenters. The standard InChI is InChI=1S/C18H14F4N2O/c1-10-2-4-13-11(9-23-15(13)6-10)7-17(25)24-16-8-12(18(20,21)22)3-5-14(16)19/h2-6,8-9,23H,7H2,1H3,(H,24,25). The monoisotopic (exact) mass is 350 g/mol. The van der Waals surface area contributed by atoms with E-state index in [1.54, 1.807) is 6.20 Å². The lowest BCUT2D eigenvalue weighted by Gasteiger charge is -2.11. The van der Waals surface area contributed by atoms with Crippen LogP contribution >= 0.6 is 0 Å². The molecule has 0 aliphatic heterocycles. The number of aromatic amines is 1. The smallest absolute Gasteiger partial charge is 0.361 e. The normalized spacial score (nSPS) is 11.7. The summed E-state index contributed by atoms with van der Waals surface area (Å²) in [5, 5.41) is 3.05. The lowest BCUT2D eigenvalue weighted by Crippen LogP contribution is -2.16. The minimum atomic E-state index is -4.61. The van der Waals surface area contributed by atoms with Crippen molar-refractivity contribution in [1.82, 2.24) is 4.98 Å². The van der Waals surface area contributed by atoms with Crippen molar-refractivity contribution < 1.29 is 22.4 Å². The molecule has 1 aromatic heterocycles. The van der Waals surface area contributed by atoms with Gasteiger partial charge < -0.3 is 10.3 Å².